The number of nitrogens with zero attached hydrogens (tertiary/aromatic N) is 1. The molecule has 1 fully saturated rings. The van der Waals surface area contributed by atoms with E-state index in [1.54, 1.807) is 0 Å². The maximum Gasteiger partial charge on any atom is 0.409 e. The van der Waals surface area contributed by atoms with E-state index < -0.39 is 30.8 Å². The first-order chi connectivity index (χ1) is 6.32. The molecule has 0 bridgehead atoms. The number of hydrogen-bond acceptors (Lipinski definition) is 2. The lowest BCUT2D eigenvalue weighted by molar-refractivity contribution is -0.200. The molecule has 0 aliphatic carbocycles. The van der Waals surface area contributed by atoms with E-state index >= 15 is 0 Å². The Morgan fingerprint density at radius 2 is 2.00 bits per heavy atom. The van der Waals surface area contributed by atoms with Crippen LogP contribution in [0.5, 0.6) is 0 Å². The van der Waals surface area contributed by atoms with Gasteiger partial charge in [0.15, 0.2) is 0 Å². The minimum absolute atomic E-state index is 0.277. The normalized spacial score (nSPS) is 29.0. The van der Waals surface area contributed by atoms with Gasteiger partial charge < -0.3 is 10.2 Å². The molecule has 1 rings (SSSR count). The standard InChI is InChI=1S/C7H10F3NO3/c8-7(9,10)4-1-2-11(6(13)14)5(12)3-4/h4-5,12H,1-3H2,(H,13,14). The van der Waals surface area contributed by atoms with Crippen molar-refractivity contribution in [3.63, 3.8) is 0 Å². The summed E-state index contributed by atoms with van der Waals surface area (Å²) in [4.78, 5) is 11.0. The van der Waals surface area contributed by atoms with Crippen molar-refractivity contribution in [1.82, 2.24) is 4.90 Å². The zero-order chi connectivity index (χ0) is 10.9. The number of rotatable bonds is 0. The van der Waals surface area contributed by atoms with Crippen molar-refractivity contribution in [3.8, 4) is 0 Å². The summed E-state index contributed by atoms with van der Waals surface area (Å²) in [6.45, 7) is -0.277. The first kappa shape index (κ1) is 11.1. The van der Waals surface area contributed by atoms with Gasteiger partial charge in [-0.25, -0.2) is 4.79 Å². The summed E-state index contributed by atoms with van der Waals surface area (Å²) >= 11 is 0. The third-order valence-corrected chi connectivity index (χ3v) is 2.28. The maximum atomic E-state index is 12.2. The van der Waals surface area contributed by atoms with Gasteiger partial charge in [0.1, 0.15) is 6.23 Å². The lowest BCUT2D eigenvalue weighted by Gasteiger charge is -2.35. The number of carbonyl (C=O) groups is 1. The number of piperidine rings is 1. The second-order valence-corrected chi connectivity index (χ2v) is 3.22. The summed E-state index contributed by atoms with van der Waals surface area (Å²) in [5, 5.41) is 17.6. The molecule has 2 N–H and O–H groups in total. The van der Waals surface area contributed by atoms with Gasteiger partial charge in [-0.05, 0) is 6.42 Å². The van der Waals surface area contributed by atoms with E-state index in [1.165, 1.54) is 0 Å². The van der Waals surface area contributed by atoms with Gasteiger partial charge in [0.05, 0.1) is 5.92 Å². The number of halogens is 3. The van der Waals surface area contributed by atoms with Crippen LogP contribution in [0.1, 0.15) is 12.8 Å². The second kappa shape index (κ2) is 3.64. The third kappa shape index (κ3) is 2.28. The van der Waals surface area contributed by atoms with Crippen LogP contribution in [-0.4, -0.2) is 40.2 Å². The smallest absolute Gasteiger partial charge is 0.409 e. The molecule has 1 aliphatic heterocycles. The molecule has 1 saturated heterocycles. The van der Waals surface area contributed by atoms with Gasteiger partial charge >= 0.3 is 12.3 Å². The zero-order valence-corrected chi connectivity index (χ0v) is 7.16. The molecule has 1 aliphatic rings. The molecule has 14 heavy (non-hydrogen) atoms. The number of hydrogen-bond donors (Lipinski definition) is 2. The van der Waals surface area contributed by atoms with Crippen LogP contribution in [0.25, 0.3) is 0 Å². The highest BCUT2D eigenvalue weighted by molar-refractivity contribution is 5.65. The zero-order valence-electron chi connectivity index (χ0n) is 7.16. The highest BCUT2D eigenvalue weighted by Gasteiger charge is 2.44. The van der Waals surface area contributed by atoms with Crippen molar-refractivity contribution in [2.75, 3.05) is 6.54 Å². The molecule has 1 amide bonds. The number of alkyl halides is 3. The Labute approximate surface area is 77.9 Å². The molecule has 0 saturated carbocycles. The highest BCUT2D eigenvalue weighted by Crippen LogP contribution is 2.35. The van der Waals surface area contributed by atoms with Crippen LogP contribution >= 0.6 is 0 Å². The topological polar surface area (TPSA) is 60.8 Å². The summed E-state index contributed by atoms with van der Waals surface area (Å²) < 4.78 is 36.5. The molecule has 7 heteroatoms. The Balaban J connectivity index is 2.60. The van der Waals surface area contributed by atoms with Crippen LogP contribution < -0.4 is 0 Å². The molecule has 4 nitrogen and oxygen atoms in total. The molecule has 0 spiro atoms. The number of carboxylic acid groups (broad SMARTS) is 1. The fraction of sp³-hybridized carbons (Fsp3) is 0.857. The van der Waals surface area contributed by atoms with Gasteiger partial charge in [0, 0.05) is 13.0 Å². The number of amides is 1. The van der Waals surface area contributed by atoms with Crippen LogP contribution in [0.3, 0.4) is 0 Å². The first-order valence-corrected chi connectivity index (χ1v) is 4.06. The summed E-state index contributed by atoms with van der Waals surface area (Å²) in [6, 6.07) is 0. The molecule has 0 aromatic heterocycles. The van der Waals surface area contributed by atoms with Crippen LogP contribution in [0.15, 0.2) is 0 Å². The van der Waals surface area contributed by atoms with Crippen molar-refractivity contribution in [2.45, 2.75) is 25.2 Å². The summed E-state index contributed by atoms with van der Waals surface area (Å²) in [6.07, 6.45) is -8.15. The average molecular weight is 213 g/mol. The van der Waals surface area contributed by atoms with Crippen LogP contribution in [0.2, 0.25) is 0 Å². The Bertz CT molecular complexity index is 231. The monoisotopic (exact) mass is 213 g/mol. The van der Waals surface area contributed by atoms with Gasteiger partial charge in [0.2, 0.25) is 0 Å². The Morgan fingerprint density at radius 3 is 2.36 bits per heavy atom. The molecule has 0 aromatic carbocycles. The lowest BCUT2D eigenvalue weighted by atomic mass is 9.95. The van der Waals surface area contributed by atoms with Gasteiger partial charge in [-0.15, -0.1) is 0 Å². The van der Waals surface area contributed by atoms with Crippen LogP contribution in [0, 0.1) is 5.92 Å². The van der Waals surface area contributed by atoms with E-state index in [9.17, 15) is 18.0 Å². The quantitative estimate of drug-likeness (QED) is 0.636. The van der Waals surface area contributed by atoms with E-state index in [-0.39, 0.29) is 13.0 Å². The lowest BCUT2D eigenvalue weighted by Crippen LogP contribution is -2.48. The Kier molecular flexibility index (Phi) is 2.89. The van der Waals surface area contributed by atoms with E-state index in [0.29, 0.717) is 4.90 Å². The SMILES string of the molecule is O=C(O)N1CCC(C(F)(F)F)CC1O. The van der Waals surface area contributed by atoms with E-state index in [1.807, 2.05) is 0 Å². The van der Waals surface area contributed by atoms with E-state index in [4.69, 9.17) is 10.2 Å². The van der Waals surface area contributed by atoms with Gasteiger partial charge in [-0.3, -0.25) is 4.90 Å². The molecule has 0 radical (unpaired) electrons. The molecule has 2 unspecified atom stereocenters. The minimum Gasteiger partial charge on any atom is -0.465 e. The number of aliphatic hydroxyl groups excluding tert-OH is 1. The van der Waals surface area contributed by atoms with Crippen molar-refractivity contribution in [3.05, 3.63) is 0 Å². The van der Waals surface area contributed by atoms with Gasteiger partial charge in [0.25, 0.3) is 0 Å². The molecule has 2 atom stereocenters. The van der Waals surface area contributed by atoms with E-state index in [0.717, 1.165) is 0 Å². The largest absolute Gasteiger partial charge is 0.465 e. The summed E-state index contributed by atoms with van der Waals surface area (Å²) in [5.41, 5.74) is 0. The molecule has 82 valence electrons. The predicted molar refractivity (Wildman–Crippen MR) is 39.5 cm³/mol. The van der Waals surface area contributed by atoms with Crippen LogP contribution in [-0.2, 0) is 0 Å². The Hall–Kier alpha value is -0.980. The second-order valence-electron chi connectivity index (χ2n) is 3.22. The fourth-order valence-corrected chi connectivity index (χ4v) is 1.46. The molecule has 1 heterocycles. The first-order valence-electron chi connectivity index (χ1n) is 4.06. The fourth-order valence-electron chi connectivity index (χ4n) is 1.46. The minimum atomic E-state index is -4.36. The third-order valence-electron chi connectivity index (χ3n) is 2.28. The van der Waals surface area contributed by atoms with E-state index in [2.05, 4.69) is 0 Å². The van der Waals surface area contributed by atoms with Crippen molar-refractivity contribution in [1.29, 1.82) is 0 Å². The van der Waals surface area contributed by atoms with Crippen molar-refractivity contribution >= 4 is 6.09 Å². The van der Waals surface area contributed by atoms with Crippen molar-refractivity contribution < 1.29 is 28.2 Å². The molecular formula is C7H10F3NO3. The van der Waals surface area contributed by atoms with Crippen LogP contribution in [0.4, 0.5) is 18.0 Å². The maximum absolute atomic E-state index is 12.2. The Morgan fingerprint density at radius 1 is 1.43 bits per heavy atom. The average Bonchev–Trinajstić information content (AvgIpc) is 2.01. The molecule has 0 aromatic rings. The van der Waals surface area contributed by atoms with Gasteiger partial charge in [-0.1, -0.05) is 0 Å². The highest BCUT2D eigenvalue weighted by atomic mass is 19.4. The predicted octanol–water partition coefficient (Wildman–Crippen LogP) is 1.26. The molecular weight excluding hydrogens is 203 g/mol. The summed E-state index contributed by atoms with van der Waals surface area (Å²) in [7, 11) is 0. The number of aliphatic hydroxyl groups is 1. The number of likely N-dealkylation sites (tertiary alicyclic amines) is 1. The summed E-state index contributed by atoms with van der Waals surface area (Å²) in [5.74, 6) is -1.60. The van der Waals surface area contributed by atoms with Crippen molar-refractivity contribution in [2.24, 2.45) is 5.92 Å². The van der Waals surface area contributed by atoms with Gasteiger partial charge in [-0.2, -0.15) is 13.2 Å².